The highest BCUT2D eigenvalue weighted by Crippen LogP contribution is 2.33. The lowest BCUT2D eigenvalue weighted by atomic mass is 10.1. The van der Waals surface area contributed by atoms with Crippen molar-refractivity contribution in [3.8, 4) is 0 Å². The first kappa shape index (κ1) is 19.6. The Balaban J connectivity index is 1.58. The molecule has 0 spiro atoms. The van der Waals surface area contributed by atoms with E-state index in [9.17, 15) is 9.18 Å². The molecule has 4 rings (SSSR count). The van der Waals surface area contributed by atoms with Crippen LogP contribution < -0.4 is 4.90 Å². The molecule has 1 amide bonds. The zero-order valence-corrected chi connectivity index (χ0v) is 17.0. The lowest BCUT2D eigenvalue weighted by Gasteiger charge is -2.17. The fraction of sp³-hybridized carbons (Fsp3) is 0.417. The Morgan fingerprint density at radius 1 is 1.07 bits per heavy atom. The standard InChI is InChI=1S/C24H28FN3O/c1-2-3-4-5-8-14-27-22-13-7-6-12-21(22)26-24(27)18-15-23(29)28(17-18)20-11-9-10-19(25)16-20/h6-7,9-13,16,18H,2-5,8,14-15,17H2,1H3. The quantitative estimate of drug-likeness (QED) is 0.463. The van der Waals surface area contributed by atoms with Crippen molar-refractivity contribution in [2.24, 2.45) is 0 Å². The van der Waals surface area contributed by atoms with Crippen LogP contribution >= 0.6 is 0 Å². The molecule has 5 heteroatoms. The molecule has 152 valence electrons. The van der Waals surface area contributed by atoms with E-state index in [0.29, 0.717) is 18.7 Å². The predicted octanol–water partition coefficient (Wildman–Crippen LogP) is 5.67. The number of hydrogen-bond donors (Lipinski definition) is 0. The highest BCUT2D eigenvalue weighted by Gasteiger charge is 2.34. The summed E-state index contributed by atoms with van der Waals surface area (Å²) in [6, 6.07) is 14.5. The average Bonchev–Trinajstić information content (AvgIpc) is 3.28. The van der Waals surface area contributed by atoms with Gasteiger partial charge in [0.2, 0.25) is 5.91 Å². The summed E-state index contributed by atoms with van der Waals surface area (Å²) in [6.45, 7) is 3.69. The Hall–Kier alpha value is -2.69. The SMILES string of the molecule is CCCCCCCn1c(C2CC(=O)N(c3cccc(F)c3)C2)nc2ccccc21. The molecule has 29 heavy (non-hydrogen) atoms. The summed E-state index contributed by atoms with van der Waals surface area (Å²) < 4.78 is 15.9. The number of hydrogen-bond acceptors (Lipinski definition) is 2. The van der Waals surface area contributed by atoms with E-state index < -0.39 is 0 Å². The van der Waals surface area contributed by atoms with Gasteiger partial charge in [0.1, 0.15) is 11.6 Å². The van der Waals surface area contributed by atoms with Gasteiger partial charge in [-0.2, -0.15) is 0 Å². The zero-order valence-electron chi connectivity index (χ0n) is 17.0. The molecule has 1 atom stereocenters. The molecule has 1 aromatic heterocycles. The summed E-state index contributed by atoms with van der Waals surface area (Å²) in [6.07, 6.45) is 6.50. The number of unbranched alkanes of at least 4 members (excludes halogenated alkanes) is 4. The van der Waals surface area contributed by atoms with Crippen LogP contribution in [0.2, 0.25) is 0 Å². The lowest BCUT2D eigenvalue weighted by molar-refractivity contribution is -0.117. The van der Waals surface area contributed by atoms with Crippen molar-refractivity contribution in [3.05, 3.63) is 60.2 Å². The summed E-state index contributed by atoms with van der Waals surface area (Å²) in [7, 11) is 0. The first-order valence-corrected chi connectivity index (χ1v) is 10.7. The number of aryl methyl sites for hydroxylation is 1. The van der Waals surface area contributed by atoms with Crippen LogP contribution in [-0.4, -0.2) is 22.0 Å². The van der Waals surface area contributed by atoms with E-state index in [1.165, 1.54) is 37.8 Å². The van der Waals surface area contributed by atoms with Crippen molar-refractivity contribution in [2.75, 3.05) is 11.4 Å². The predicted molar refractivity (Wildman–Crippen MR) is 115 cm³/mol. The zero-order chi connectivity index (χ0) is 20.2. The number of aromatic nitrogens is 2. The Bertz CT molecular complexity index is 997. The second-order valence-electron chi connectivity index (χ2n) is 7.91. The second kappa shape index (κ2) is 8.76. The van der Waals surface area contributed by atoms with E-state index >= 15 is 0 Å². The number of carbonyl (C=O) groups excluding carboxylic acids is 1. The van der Waals surface area contributed by atoms with Crippen LogP contribution in [0.1, 0.15) is 57.2 Å². The van der Waals surface area contributed by atoms with Crippen molar-refractivity contribution < 1.29 is 9.18 Å². The van der Waals surface area contributed by atoms with Crippen molar-refractivity contribution in [3.63, 3.8) is 0 Å². The van der Waals surface area contributed by atoms with Gasteiger partial charge in [0.05, 0.1) is 11.0 Å². The van der Waals surface area contributed by atoms with E-state index in [1.807, 2.05) is 18.2 Å². The van der Waals surface area contributed by atoms with Gasteiger partial charge in [0.25, 0.3) is 0 Å². The molecule has 1 fully saturated rings. The van der Waals surface area contributed by atoms with E-state index in [-0.39, 0.29) is 17.6 Å². The molecular weight excluding hydrogens is 365 g/mol. The smallest absolute Gasteiger partial charge is 0.227 e. The number of para-hydroxylation sites is 2. The molecule has 0 bridgehead atoms. The lowest BCUT2D eigenvalue weighted by Crippen LogP contribution is -2.24. The molecule has 3 aromatic rings. The highest BCUT2D eigenvalue weighted by molar-refractivity contribution is 5.96. The number of anilines is 1. The number of halogens is 1. The van der Waals surface area contributed by atoms with Crippen LogP contribution in [0.4, 0.5) is 10.1 Å². The van der Waals surface area contributed by atoms with Crippen LogP contribution in [0.25, 0.3) is 11.0 Å². The normalized spacial score (nSPS) is 16.8. The number of rotatable bonds is 8. The van der Waals surface area contributed by atoms with Crippen LogP contribution in [0.3, 0.4) is 0 Å². The monoisotopic (exact) mass is 393 g/mol. The number of benzene rings is 2. The average molecular weight is 394 g/mol. The molecule has 1 unspecified atom stereocenters. The van der Waals surface area contributed by atoms with Gasteiger partial charge >= 0.3 is 0 Å². The number of amides is 1. The number of imidazole rings is 1. The first-order valence-electron chi connectivity index (χ1n) is 10.7. The van der Waals surface area contributed by atoms with E-state index in [1.54, 1.807) is 17.0 Å². The van der Waals surface area contributed by atoms with Gasteiger partial charge < -0.3 is 9.47 Å². The van der Waals surface area contributed by atoms with Crippen molar-refractivity contribution in [1.82, 2.24) is 9.55 Å². The third-order valence-corrected chi connectivity index (χ3v) is 5.78. The van der Waals surface area contributed by atoms with E-state index in [0.717, 1.165) is 29.8 Å². The minimum absolute atomic E-state index is 0.0220. The molecule has 1 saturated heterocycles. The Labute approximate surface area is 171 Å². The van der Waals surface area contributed by atoms with Gasteiger partial charge in [-0.3, -0.25) is 4.79 Å². The topological polar surface area (TPSA) is 38.1 Å². The minimum Gasteiger partial charge on any atom is -0.328 e. The van der Waals surface area contributed by atoms with Crippen molar-refractivity contribution in [1.29, 1.82) is 0 Å². The van der Waals surface area contributed by atoms with Crippen molar-refractivity contribution >= 4 is 22.6 Å². The van der Waals surface area contributed by atoms with Gasteiger partial charge in [0, 0.05) is 31.1 Å². The Morgan fingerprint density at radius 2 is 1.90 bits per heavy atom. The maximum atomic E-state index is 13.6. The molecule has 0 N–H and O–H groups in total. The van der Waals surface area contributed by atoms with Crippen LogP contribution in [-0.2, 0) is 11.3 Å². The molecule has 0 radical (unpaired) electrons. The van der Waals surface area contributed by atoms with Crippen LogP contribution in [0.5, 0.6) is 0 Å². The van der Waals surface area contributed by atoms with Gasteiger partial charge in [-0.25, -0.2) is 9.37 Å². The maximum Gasteiger partial charge on any atom is 0.227 e. The molecular formula is C24H28FN3O. The second-order valence-corrected chi connectivity index (χ2v) is 7.91. The van der Waals surface area contributed by atoms with E-state index in [4.69, 9.17) is 4.98 Å². The third kappa shape index (κ3) is 4.19. The van der Waals surface area contributed by atoms with Gasteiger partial charge in [-0.05, 0) is 36.8 Å². The number of fused-ring (bicyclic) bond motifs is 1. The Kier molecular flexibility index (Phi) is 5.93. The van der Waals surface area contributed by atoms with E-state index in [2.05, 4.69) is 17.6 Å². The van der Waals surface area contributed by atoms with Gasteiger partial charge in [0.15, 0.2) is 0 Å². The molecule has 4 nitrogen and oxygen atoms in total. The van der Waals surface area contributed by atoms with Crippen LogP contribution in [0, 0.1) is 5.82 Å². The molecule has 1 aliphatic rings. The van der Waals surface area contributed by atoms with Crippen LogP contribution in [0.15, 0.2) is 48.5 Å². The molecule has 2 heterocycles. The Morgan fingerprint density at radius 3 is 2.72 bits per heavy atom. The first-order chi connectivity index (χ1) is 14.2. The number of carbonyl (C=O) groups is 1. The molecule has 0 aliphatic carbocycles. The third-order valence-electron chi connectivity index (χ3n) is 5.78. The summed E-state index contributed by atoms with van der Waals surface area (Å²) in [5, 5.41) is 0. The fourth-order valence-electron chi connectivity index (χ4n) is 4.29. The van der Waals surface area contributed by atoms with Gasteiger partial charge in [-0.15, -0.1) is 0 Å². The van der Waals surface area contributed by atoms with Crippen molar-refractivity contribution in [2.45, 2.75) is 57.9 Å². The summed E-state index contributed by atoms with van der Waals surface area (Å²) in [4.78, 5) is 19.3. The summed E-state index contributed by atoms with van der Waals surface area (Å²) >= 11 is 0. The maximum absolute atomic E-state index is 13.6. The number of nitrogens with zero attached hydrogens (tertiary/aromatic N) is 3. The minimum atomic E-state index is -0.321. The largest absolute Gasteiger partial charge is 0.328 e. The fourth-order valence-corrected chi connectivity index (χ4v) is 4.29. The summed E-state index contributed by atoms with van der Waals surface area (Å²) in [5.74, 6) is 0.711. The summed E-state index contributed by atoms with van der Waals surface area (Å²) in [5.41, 5.74) is 2.74. The molecule has 0 saturated carbocycles. The highest BCUT2D eigenvalue weighted by atomic mass is 19.1. The van der Waals surface area contributed by atoms with Gasteiger partial charge in [-0.1, -0.05) is 50.8 Å². The molecule has 2 aromatic carbocycles. The molecule has 1 aliphatic heterocycles.